The summed E-state index contributed by atoms with van der Waals surface area (Å²) in [6.07, 6.45) is 5.74. The van der Waals surface area contributed by atoms with Crippen molar-refractivity contribution in [1.29, 1.82) is 0 Å². The third kappa shape index (κ3) is 3.82. The molecule has 0 spiro atoms. The predicted molar refractivity (Wildman–Crippen MR) is 102 cm³/mol. The highest BCUT2D eigenvalue weighted by atomic mass is 16.5. The number of hydrogen-bond acceptors (Lipinski definition) is 4. The molecule has 27 heavy (non-hydrogen) atoms. The van der Waals surface area contributed by atoms with E-state index in [1.807, 2.05) is 41.9 Å². The smallest absolute Gasteiger partial charge is 0.256 e. The van der Waals surface area contributed by atoms with Gasteiger partial charge in [-0.1, -0.05) is 12.1 Å². The minimum absolute atomic E-state index is 0.234. The van der Waals surface area contributed by atoms with Crippen LogP contribution in [-0.2, 0) is 13.7 Å². The molecule has 0 saturated heterocycles. The van der Waals surface area contributed by atoms with Gasteiger partial charge in [0.25, 0.3) is 5.91 Å². The largest absolute Gasteiger partial charge is 0.487 e. The molecule has 3 heterocycles. The zero-order valence-corrected chi connectivity index (χ0v) is 15.1. The third-order valence-corrected chi connectivity index (χ3v) is 4.09. The summed E-state index contributed by atoms with van der Waals surface area (Å²) >= 11 is 0. The molecule has 3 aromatic heterocycles. The van der Waals surface area contributed by atoms with Gasteiger partial charge >= 0.3 is 0 Å². The number of fused-ring (bicyclic) bond motifs is 1. The van der Waals surface area contributed by atoms with Gasteiger partial charge in [0.1, 0.15) is 18.0 Å². The number of benzene rings is 1. The van der Waals surface area contributed by atoms with Crippen molar-refractivity contribution in [3.05, 3.63) is 77.9 Å². The number of carbonyl (C=O) groups excluding carboxylic acids is 1. The Labute approximate surface area is 156 Å². The van der Waals surface area contributed by atoms with Gasteiger partial charge in [0, 0.05) is 37.3 Å². The Morgan fingerprint density at radius 2 is 2.07 bits per heavy atom. The monoisotopic (exact) mass is 361 g/mol. The molecule has 136 valence electrons. The molecule has 0 aliphatic rings. The first-order valence-corrected chi connectivity index (χ1v) is 8.55. The second kappa shape index (κ2) is 6.95. The van der Waals surface area contributed by atoms with Gasteiger partial charge < -0.3 is 14.5 Å². The van der Waals surface area contributed by atoms with Gasteiger partial charge in [-0.25, -0.2) is 4.98 Å². The fraction of sp³-hybridized carbons (Fsp3) is 0.150. The molecule has 0 fully saturated rings. The van der Waals surface area contributed by atoms with Crippen LogP contribution in [0.3, 0.4) is 0 Å². The van der Waals surface area contributed by atoms with Crippen LogP contribution in [0.5, 0.6) is 5.75 Å². The van der Waals surface area contributed by atoms with E-state index in [-0.39, 0.29) is 5.91 Å². The molecule has 1 amide bonds. The van der Waals surface area contributed by atoms with E-state index in [0.717, 1.165) is 11.3 Å². The number of anilines is 1. The number of nitrogens with zero attached hydrogens (tertiary/aromatic N) is 4. The maximum absolute atomic E-state index is 12.4. The van der Waals surface area contributed by atoms with E-state index in [4.69, 9.17) is 4.74 Å². The molecule has 1 N–H and O–H groups in total. The Morgan fingerprint density at radius 3 is 2.89 bits per heavy atom. The summed E-state index contributed by atoms with van der Waals surface area (Å²) in [5.41, 5.74) is 3.37. The standard InChI is InChI=1S/C20H19N5O2/c1-14-6-7-19-21-16(12-25(19)11-14)13-27-17-5-3-4-15(10-17)20(26)22-18-8-9-24(2)23-18/h3-12H,13H2,1-2H3,(H,22,23,26). The van der Waals surface area contributed by atoms with Crippen molar-refractivity contribution in [2.24, 2.45) is 7.05 Å². The number of aromatic nitrogens is 4. The molecule has 0 aliphatic heterocycles. The molecule has 7 heteroatoms. The number of aryl methyl sites for hydroxylation is 2. The van der Waals surface area contributed by atoms with Gasteiger partial charge in [0.15, 0.2) is 5.82 Å². The zero-order chi connectivity index (χ0) is 18.8. The molecule has 0 saturated carbocycles. The molecule has 0 aliphatic carbocycles. The van der Waals surface area contributed by atoms with Gasteiger partial charge in [-0.05, 0) is 36.8 Å². The van der Waals surface area contributed by atoms with Crippen molar-refractivity contribution in [1.82, 2.24) is 19.2 Å². The topological polar surface area (TPSA) is 73.4 Å². The van der Waals surface area contributed by atoms with Crippen molar-refractivity contribution in [2.45, 2.75) is 13.5 Å². The third-order valence-electron chi connectivity index (χ3n) is 4.09. The maximum atomic E-state index is 12.4. The summed E-state index contributed by atoms with van der Waals surface area (Å²) < 4.78 is 9.43. The summed E-state index contributed by atoms with van der Waals surface area (Å²) in [5, 5.41) is 6.91. The molecule has 1 aromatic carbocycles. The van der Waals surface area contributed by atoms with Crippen molar-refractivity contribution in [3.8, 4) is 5.75 Å². The zero-order valence-electron chi connectivity index (χ0n) is 15.1. The number of hydrogen-bond donors (Lipinski definition) is 1. The van der Waals surface area contributed by atoms with Crippen LogP contribution < -0.4 is 10.1 Å². The Balaban J connectivity index is 1.44. The van der Waals surface area contributed by atoms with Crippen molar-refractivity contribution >= 4 is 17.4 Å². The van der Waals surface area contributed by atoms with E-state index >= 15 is 0 Å². The highest BCUT2D eigenvalue weighted by Gasteiger charge is 2.09. The molecule has 7 nitrogen and oxygen atoms in total. The van der Waals surface area contributed by atoms with Gasteiger partial charge in [0.05, 0.1) is 5.69 Å². The van der Waals surface area contributed by atoms with E-state index in [0.29, 0.717) is 23.7 Å². The molecule has 0 atom stereocenters. The minimum atomic E-state index is -0.234. The minimum Gasteiger partial charge on any atom is -0.487 e. The molecule has 0 bridgehead atoms. The molecular formula is C20H19N5O2. The predicted octanol–water partition coefficient (Wildman–Crippen LogP) is 3.21. The van der Waals surface area contributed by atoms with Crippen LogP contribution in [0.15, 0.2) is 61.1 Å². The molecule has 4 rings (SSSR count). The Kier molecular flexibility index (Phi) is 4.33. The van der Waals surface area contributed by atoms with E-state index in [9.17, 15) is 4.79 Å². The normalized spacial score (nSPS) is 10.9. The van der Waals surface area contributed by atoms with Crippen LogP contribution in [-0.4, -0.2) is 25.1 Å². The second-order valence-electron chi connectivity index (χ2n) is 6.35. The van der Waals surface area contributed by atoms with Crippen molar-refractivity contribution < 1.29 is 9.53 Å². The van der Waals surface area contributed by atoms with E-state index in [1.165, 1.54) is 5.56 Å². The summed E-state index contributed by atoms with van der Waals surface area (Å²) in [6.45, 7) is 2.36. The lowest BCUT2D eigenvalue weighted by molar-refractivity contribution is 0.102. The number of carbonyl (C=O) groups is 1. The van der Waals surface area contributed by atoms with Crippen LogP contribution in [0.1, 0.15) is 21.6 Å². The van der Waals surface area contributed by atoms with Gasteiger partial charge in [-0.15, -0.1) is 0 Å². The maximum Gasteiger partial charge on any atom is 0.256 e. The highest BCUT2D eigenvalue weighted by Crippen LogP contribution is 2.17. The molecule has 0 radical (unpaired) electrons. The van der Waals surface area contributed by atoms with Crippen LogP contribution >= 0.6 is 0 Å². The first kappa shape index (κ1) is 16.8. The quantitative estimate of drug-likeness (QED) is 0.592. The lowest BCUT2D eigenvalue weighted by atomic mass is 10.2. The molecular weight excluding hydrogens is 342 g/mol. The van der Waals surface area contributed by atoms with Gasteiger partial charge in [-0.2, -0.15) is 5.10 Å². The summed E-state index contributed by atoms with van der Waals surface area (Å²) in [7, 11) is 1.80. The van der Waals surface area contributed by atoms with Crippen LogP contribution in [0.4, 0.5) is 5.82 Å². The Morgan fingerprint density at radius 1 is 1.19 bits per heavy atom. The molecule has 4 aromatic rings. The van der Waals surface area contributed by atoms with Crippen molar-refractivity contribution in [2.75, 3.05) is 5.32 Å². The fourth-order valence-corrected chi connectivity index (χ4v) is 2.78. The summed E-state index contributed by atoms with van der Waals surface area (Å²) in [5.74, 6) is 0.882. The van der Waals surface area contributed by atoms with E-state index in [1.54, 1.807) is 42.2 Å². The number of rotatable bonds is 5. The van der Waals surface area contributed by atoms with Gasteiger partial charge in [0.2, 0.25) is 0 Å². The number of nitrogens with one attached hydrogen (secondary N) is 1. The first-order chi connectivity index (χ1) is 13.1. The lowest BCUT2D eigenvalue weighted by Gasteiger charge is -2.07. The van der Waals surface area contributed by atoms with E-state index in [2.05, 4.69) is 15.4 Å². The van der Waals surface area contributed by atoms with Crippen molar-refractivity contribution in [3.63, 3.8) is 0 Å². The number of pyridine rings is 1. The number of imidazole rings is 1. The number of amides is 1. The van der Waals surface area contributed by atoms with Crippen LogP contribution in [0.25, 0.3) is 5.65 Å². The average Bonchev–Trinajstić information content (AvgIpc) is 3.25. The summed E-state index contributed by atoms with van der Waals surface area (Å²) in [4.78, 5) is 16.9. The SMILES string of the molecule is Cc1ccc2nc(COc3cccc(C(=O)Nc4ccn(C)n4)c3)cn2c1. The molecule has 0 unspecified atom stereocenters. The Bertz CT molecular complexity index is 1110. The van der Waals surface area contributed by atoms with Crippen LogP contribution in [0.2, 0.25) is 0 Å². The fourth-order valence-electron chi connectivity index (χ4n) is 2.78. The Hall–Kier alpha value is -3.61. The average molecular weight is 361 g/mol. The first-order valence-electron chi connectivity index (χ1n) is 8.55. The number of ether oxygens (including phenoxy) is 1. The van der Waals surface area contributed by atoms with Crippen LogP contribution in [0, 0.1) is 6.92 Å². The lowest BCUT2D eigenvalue weighted by Crippen LogP contribution is -2.12. The highest BCUT2D eigenvalue weighted by molar-refractivity contribution is 6.03. The summed E-state index contributed by atoms with van der Waals surface area (Å²) in [6, 6.07) is 12.8. The van der Waals surface area contributed by atoms with Gasteiger partial charge in [-0.3, -0.25) is 9.48 Å². The van der Waals surface area contributed by atoms with E-state index < -0.39 is 0 Å². The second-order valence-corrected chi connectivity index (χ2v) is 6.35.